The molecule has 172 valence electrons. The van der Waals surface area contributed by atoms with Crippen molar-refractivity contribution in [1.82, 2.24) is 4.90 Å². The Morgan fingerprint density at radius 1 is 0.909 bits per heavy atom. The third-order valence-corrected chi connectivity index (χ3v) is 7.20. The predicted molar refractivity (Wildman–Crippen MR) is 128 cm³/mol. The number of anilines is 2. The summed E-state index contributed by atoms with van der Waals surface area (Å²) < 4.78 is 42.3. The molecule has 1 saturated heterocycles. The zero-order chi connectivity index (χ0) is 23.6. The number of halogens is 1. The normalized spacial score (nSPS) is 14.3. The standard InChI is InChI=1S/C25H26FN3O3S/c1-18-7-11-21(12-8-18)33(31,32)27-23-17-20(10-9-19(23)2)25(30)29-15-13-28(14-16-29)24-6-4-3-5-22(24)26/h3-12,17,27H,13-16H2,1-2H3. The van der Waals surface area contributed by atoms with Crippen molar-refractivity contribution in [3.05, 3.63) is 89.2 Å². The molecule has 33 heavy (non-hydrogen) atoms. The van der Waals surface area contributed by atoms with Gasteiger partial charge in [0.25, 0.3) is 15.9 Å². The van der Waals surface area contributed by atoms with Crippen molar-refractivity contribution in [3.63, 3.8) is 0 Å². The fourth-order valence-electron chi connectivity index (χ4n) is 3.83. The van der Waals surface area contributed by atoms with Crippen LogP contribution in [0.4, 0.5) is 15.8 Å². The van der Waals surface area contributed by atoms with E-state index in [-0.39, 0.29) is 16.6 Å². The van der Waals surface area contributed by atoms with Gasteiger partial charge >= 0.3 is 0 Å². The Morgan fingerprint density at radius 3 is 2.24 bits per heavy atom. The maximum Gasteiger partial charge on any atom is 0.261 e. The molecule has 1 amide bonds. The number of rotatable bonds is 5. The molecular formula is C25H26FN3O3S. The summed E-state index contributed by atoms with van der Waals surface area (Å²) in [5.74, 6) is -0.458. The van der Waals surface area contributed by atoms with Gasteiger partial charge in [0.1, 0.15) is 5.82 Å². The maximum atomic E-state index is 14.1. The van der Waals surface area contributed by atoms with E-state index in [1.807, 2.05) is 11.8 Å². The molecule has 0 bridgehead atoms. The number of nitrogens with one attached hydrogen (secondary N) is 1. The second-order valence-corrected chi connectivity index (χ2v) is 9.86. The summed E-state index contributed by atoms with van der Waals surface area (Å²) in [6.45, 7) is 5.61. The monoisotopic (exact) mass is 467 g/mol. The topological polar surface area (TPSA) is 69.7 Å². The van der Waals surface area contributed by atoms with Crippen LogP contribution in [0.3, 0.4) is 0 Å². The van der Waals surface area contributed by atoms with Gasteiger partial charge in [0.15, 0.2) is 0 Å². The Kier molecular flexibility index (Phi) is 6.37. The van der Waals surface area contributed by atoms with Crippen LogP contribution in [0.1, 0.15) is 21.5 Å². The van der Waals surface area contributed by atoms with Gasteiger partial charge in [-0.1, -0.05) is 35.9 Å². The van der Waals surface area contributed by atoms with Crippen LogP contribution in [0.25, 0.3) is 0 Å². The molecular weight excluding hydrogens is 441 g/mol. The Bertz CT molecular complexity index is 1270. The molecule has 1 fully saturated rings. The van der Waals surface area contributed by atoms with Crippen molar-refractivity contribution in [3.8, 4) is 0 Å². The molecule has 1 aliphatic rings. The molecule has 1 N–H and O–H groups in total. The average Bonchev–Trinajstić information content (AvgIpc) is 2.81. The fourth-order valence-corrected chi connectivity index (χ4v) is 4.95. The molecule has 0 unspecified atom stereocenters. The molecule has 3 aromatic rings. The SMILES string of the molecule is Cc1ccc(S(=O)(=O)Nc2cc(C(=O)N3CCN(c4ccccc4F)CC3)ccc2C)cc1. The highest BCUT2D eigenvalue weighted by Gasteiger charge is 2.24. The van der Waals surface area contributed by atoms with E-state index in [2.05, 4.69) is 4.72 Å². The average molecular weight is 468 g/mol. The van der Waals surface area contributed by atoms with Crippen LogP contribution in [0.15, 0.2) is 71.6 Å². The fraction of sp³-hybridized carbons (Fsp3) is 0.240. The number of carbonyl (C=O) groups excluding carboxylic acids is 1. The first-order chi connectivity index (χ1) is 15.7. The number of nitrogens with zero attached hydrogens (tertiary/aromatic N) is 2. The summed E-state index contributed by atoms with van der Waals surface area (Å²) in [5.41, 5.74) is 2.99. The largest absolute Gasteiger partial charge is 0.366 e. The number of aryl methyl sites for hydroxylation is 2. The van der Waals surface area contributed by atoms with Crippen LogP contribution in [0.5, 0.6) is 0 Å². The van der Waals surface area contributed by atoms with E-state index in [9.17, 15) is 17.6 Å². The third-order valence-electron chi connectivity index (χ3n) is 5.82. The first-order valence-electron chi connectivity index (χ1n) is 10.7. The summed E-state index contributed by atoms with van der Waals surface area (Å²) in [6.07, 6.45) is 0. The van der Waals surface area contributed by atoms with Crippen molar-refractivity contribution in [2.75, 3.05) is 35.8 Å². The Balaban J connectivity index is 1.48. The molecule has 1 aliphatic heterocycles. The molecule has 0 aliphatic carbocycles. The van der Waals surface area contributed by atoms with E-state index in [0.29, 0.717) is 48.7 Å². The number of piperazine rings is 1. The summed E-state index contributed by atoms with van der Waals surface area (Å²) >= 11 is 0. The van der Waals surface area contributed by atoms with Gasteiger partial charge in [-0.3, -0.25) is 9.52 Å². The number of benzene rings is 3. The first-order valence-corrected chi connectivity index (χ1v) is 12.2. The molecule has 3 aromatic carbocycles. The van der Waals surface area contributed by atoms with Gasteiger partial charge in [0, 0.05) is 31.7 Å². The molecule has 0 atom stereocenters. The molecule has 0 saturated carbocycles. The number of carbonyl (C=O) groups is 1. The smallest absolute Gasteiger partial charge is 0.261 e. The minimum absolute atomic E-state index is 0.161. The molecule has 8 heteroatoms. The van der Waals surface area contributed by atoms with Crippen molar-refractivity contribution >= 4 is 27.3 Å². The molecule has 1 heterocycles. The Labute approximate surface area is 193 Å². The van der Waals surface area contributed by atoms with Gasteiger partial charge in [-0.2, -0.15) is 0 Å². The van der Waals surface area contributed by atoms with E-state index in [1.54, 1.807) is 72.5 Å². The number of para-hydroxylation sites is 1. The second kappa shape index (κ2) is 9.23. The number of amides is 1. The molecule has 4 rings (SSSR count). The van der Waals surface area contributed by atoms with Gasteiger partial charge < -0.3 is 9.80 Å². The van der Waals surface area contributed by atoms with Gasteiger partial charge in [-0.05, 0) is 55.8 Å². The van der Waals surface area contributed by atoms with Crippen molar-refractivity contribution in [2.24, 2.45) is 0 Å². The Morgan fingerprint density at radius 2 is 1.58 bits per heavy atom. The molecule has 0 aromatic heterocycles. The van der Waals surface area contributed by atoms with Crippen molar-refractivity contribution in [2.45, 2.75) is 18.7 Å². The first kappa shape index (κ1) is 22.8. The second-order valence-electron chi connectivity index (χ2n) is 8.18. The van der Waals surface area contributed by atoms with Crippen LogP contribution in [0, 0.1) is 19.7 Å². The van der Waals surface area contributed by atoms with Crippen LogP contribution >= 0.6 is 0 Å². The minimum Gasteiger partial charge on any atom is -0.366 e. The molecule has 6 nitrogen and oxygen atoms in total. The van der Waals surface area contributed by atoms with E-state index >= 15 is 0 Å². The van der Waals surface area contributed by atoms with Crippen LogP contribution < -0.4 is 9.62 Å². The van der Waals surface area contributed by atoms with Gasteiger partial charge in [0.05, 0.1) is 16.3 Å². The summed E-state index contributed by atoms with van der Waals surface area (Å²) in [6, 6.07) is 18.2. The summed E-state index contributed by atoms with van der Waals surface area (Å²) in [7, 11) is -3.78. The zero-order valence-corrected chi connectivity index (χ0v) is 19.4. The van der Waals surface area contributed by atoms with Crippen LogP contribution in [0.2, 0.25) is 0 Å². The highest BCUT2D eigenvalue weighted by molar-refractivity contribution is 7.92. The maximum absolute atomic E-state index is 14.1. The summed E-state index contributed by atoms with van der Waals surface area (Å²) in [5, 5.41) is 0. The molecule has 0 radical (unpaired) electrons. The van der Waals surface area contributed by atoms with E-state index in [1.165, 1.54) is 6.07 Å². The van der Waals surface area contributed by atoms with Crippen molar-refractivity contribution in [1.29, 1.82) is 0 Å². The van der Waals surface area contributed by atoms with Gasteiger partial charge in [0.2, 0.25) is 0 Å². The quantitative estimate of drug-likeness (QED) is 0.611. The highest BCUT2D eigenvalue weighted by atomic mass is 32.2. The van der Waals surface area contributed by atoms with E-state index < -0.39 is 10.0 Å². The highest BCUT2D eigenvalue weighted by Crippen LogP contribution is 2.24. The summed E-state index contributed by atoms with van der Waals surface area (Å²) in [4.78, 5) is 16.9. The lowest BCUT2D eigenvalue weighted by molar-refractivity contribution is 0.0746. The minimum atomic E-state index is -3.78. The third kappa shape index (κ3) is 5.01. The van der Waals surface area contributed by atoms with Crippen molar-refractivity contribution < 1.29 is 17.6 Å². The van der Waals surface area contributed by atoms with Crippen LogP contribution in [-0.2, 0) is 10.0 Å². The van der Waals surface area contributed by atoms with Crippen LogP contribution in [-0.4, -0.2) is 45.4 Å². The van der Waals surface area contributed by atoms with E-state index in [4.69, 9.17) is 0 Å². The number of hydrogen-bond donors (Lipinski definition) is 1. The lowest BCUT2D eigenvalue weighted by Crippen LogP contribution is -2.49. The van der Waals surface area contributed by atoms with Gasteiger partial charge in [-0.15, -0.1) is 0 Å². The lowest BCUT2D eigenvalue weighted by Gasteiger charge is -2.36. The number of hydrogen-bond acceptors (Lipinski definition) is 4. The lowest BCUT2D eigenvalue weighted by atomic mass is 10.1. The zero-order valence-electron chi connectivity index (χ0n) is 18.6. The number of sulfonamides is 1. The molecule has 0 spiro atoms. The predicted octanol–water partition coefficient (Wildman–Crippen LogP) is 4.21. The van der Waals surface area contributed by atoms with Gasteiger partial charge in [-0.25, -0.2) is 12.8 Å². The van der Waals surface area contributed by atoms with E-state index in [0.717, 1.165) is 5.56 Å². The Hall–Kier alpha value is -3.39.